The van der Waals surface area contributed by atoms with Crippen LogP contribution in [0, 0.1) is 0 Å². The van der Waals surface area contributed by atoms with Crippen LogP contribution in [0.15, 0.2) is 59.1 Å². The molecule has 0 fully saturated rings. The van der Waals surface area contributed by atoms with Crippen molar-refractivity contribution in [1.82, 2.24) is 0 Å². The predicted molar refractivity (Wildman–Crippen MR) is 94.4 cm³/mol. The number of hydrogen-bond donors (Lipinski definition) is 2. The molecule has 1 amide bonds. The highest BCUT2D eigenvalue weighted by atomic mass is 79.9. The van der Waals surface area contributed by atoms with Gasteiger partial charge in [-0.3, -0.25) is 9.59 Å². The van der Waals surface area contributed by atoms with E-state index in [1.165, 1.54) is 0 Å². The molecule has 0 heterocycles. The first-order valence-electron chi connectivity index (χ1n) is 6.69. The number of amides is 1. The van der Waals surface area contributed by atoms with Gasteiger partial charge in [-0.25, -0.2) is 4.79 Å². The van der Waals surface area contributed by atoms with Gasteiger partial charge < -0.3 is 10.4 Å². The molecule has 7 heteroatoms. The molecule has 122 valence electrons. The maximum atomic E-state index is 12.7. The Morgan fingerprint density at radius 1 is 1.04 bits per heavy atom. The van der Waals surface area contributed by atoms with E-state index in [-0.39, 0.29) is 17.0 Å². The average molecular weight is 409 g/mol. The van der Waals surface area contributed by atoms with Gasteiger partial charge >= 0.3 is 5.97 Å². The largest absolute Gasteiger partial charge is 0.478 e. The standard InChI is InChI=1S/C17H11BrClNO4/c18-10-5-6-14(20-15(21)7-8-16(22)23)12(9-10)17(24)11-3-1-2-4-13(11)19/h1-9H,(H,20,21)(H,22,23)/b8-7-. The Hall–Kier alpha value is -2.44. The van der Waals surface area contributed by atoms with Crippen molar-refractivity contribution in [3.63, 3.8) is 0 Å². The highest BCUT2D eigenvalue weighted by molar-refractivity contribution is 9.10. The lowest BCUT2D eigenvalue weighted by Crippen LogP contribution is -2.13. The van der Waals surface area contributed by atoms with Gasteiger partial charge in [0.25, 0.3) is 0 Å². The van der Waals surface area contributed by atoms with E-state index in [0.717, 1.165) is 6.08 Å². The summed E-state index contributed by atoms with van der Waals surface area (Å²) < 4.78 is 0.650. The van der Waals surface area contributed by atoms with Crippen molar-refractivity contribution in [3.05, 3.63) is 75.2 Å². The van der Waals surface area contributed by atoms with Gasteiger partial charge in [0.05, 0.1) is 10.7 Å². The van der Waals surface area contributed by atoms with Crippen molar-refractivity contribution in [3.8, 4) is 0 Å². The van der Waals surface area contributed by atoms with E-state index in [1.54, 1.807) is 42.5 Å². The van der Waals surface area contributed by atoms with E-state index in [4.69, 9.17) is 16.7 Å². The number of anilines is 1. The quantitative estimate of drug-likeness (QED) is 0.580. The molecule has 0 bridgehead atoms. The predicted octanol–water partition coefficient (Wildman–Crippen LogP) is 3.91. The van der Waals surface area contributed by atoms with Crippen LogP contribution in [0.3, 0.4) is 0 Å². The fourth-order valence-corrected chi connectivity index (χ4v) is 2.51. The third-order valence-electron chi connectivity index (χ3n) is 2.98. The first-order valence-corrected chi connectivity index (χ1v) is 7.86. The van der Waals surface area contributed by atoms with Gasteiger partial charge in [-0.2, -0.15) is 0 Å². The van der Waals surface area contributed by atoms with Crippen LogP contribution in [-0.4, -0.2) is 22.8 Å². The SMILES string of the molecule is O=C(O)/C=C\C(=O)Nc1ccc(Br)cc1C(=O)c1ccccc1Cl. The Bertz CT molecular complexity index is 848. The molecule has 5 nitrogen and oxygen atoms in total. The second-order valence-corrected chi connectivity index (χ2v) is 5.98. The lowest BCUT2D eigenvalue weighted by atomic mass is 10.0. The van der Waals surface area contributed by atoms with Crippen molar-refractivity contribution in [1.29, 1.82) is 0 Å². The summed E-state index contributed by atoms with van der Waals surface area (Å²) in [4.78, 5) is 34.9. The first kappa shape index (κ1) is 17.9. The number of carbonyl (C=O) groups excluding carboxylic acids is 2. The molecule has 0 saturated carbocycles. The van der Waals surface area contributed by atoms with Crippen LogP contribution in [0.1, 0.15) is 15.9 Å². The van der Waals surface area contributed by atoms with Gasteiger partial charge in [-0.1, -0.05) is 39.7 Å². The molecule has 0 radical (unpaired) electrons. The Morgan fingerprint density at radius 3 is 2.42 bits per heavy atom. The minimum atomic E-state index is -1.24. The number of benzene rings is 2. The fourth-order valence-electron chi connectivity index (χ4n) is 1.93. The smallest absolute Gasteiger partial charge is 0.328 e. The maximum absolute atomic E-state index is 12.7. The number of rotatable bonds is 5. The minimum absolute atomic E-state index is 0.231. The summed E-state index contributed by atoms with van der Waals surface area (Å²) in [6, 6.07) is 11.3. The highest BCUT2D eigenvalue weighted by Crippen LogP contribution is 2.26. The normalized spacial score (nSPS) is 10.6. The molecule has 2 N–H and O–H groups in total. The molecule has 0 spiro atoms. The van der Waals surface area contributed by atoms with Crippen molar-refractivity contribution in [2.24, 2.45) is 0 Å². The van der Waals surface area contributed by atoms with Crippen LogP contribution in [0.4, 0.5) is 5.69 Å². The number of aliphatic carboxylic acids is 1. The molecule has 0 atom stereocenters. The fraction of sp³-hybridized carbons (Fsp3) is 0. The number of nitrogens with one attached hydrogen (secondary N) is 1. The lowest BCUT2D eigenvalue weighted by molar-refractivity contribution is -0.131. The Labute approximate surface area is 151 Å². The van der Waals surface area contributed by atoms with Gasteiger partial charge in [0.15, 0.2) is 5.78 Å². The summed E-state index contributed by atoms with van der Waals surface area (Å²) in [5, 5.41) is 11.3. The third kappa shape index (κ3) is 4.53. The number of carboxylic acid groups (broad SMARTS) is 1. The number of ketones is 1. The van der Waals surface area contributed by atoms with Crippen LogP contribution in [0.25, 0.3) is 0 Å². The van der Waals surface area contributed by atoms with Crippen molar-refractivity contribution in [2.45, 2.75) is 0 Å². The van der Waals surface area contributed by atoms with Crippen LogP contribution < -0.4 is 5.32 Å². The molecule has 0 saturated heterocycles. The molecule has 24 heavy (non-hydrogen) atoms. The van der Waals surface area contributed by atoms with Gasteiger partial charge in [-0.05, 0) is 30.3 Å². The molecule has 2 aromatic rings. The first-order chi connectivity index (χ1) is 11.4. The van der Waals surface area contributed by atoms with E-state index in [1.807, 2.05) is 0 Å². The molecule has 0 aliphatic carbocycles. The van der Waals surface area contributed by atoms with Crippen molar-refractivity contribution < 1.29 is 19.5 Å². The van der Waals surface area contributed by atoms with Crippen molar-refractivity contribution >= 4 is 50.9 Å². The summed E-state index contributed by atoms with van der Waals surface area (Å²) in [7, 11) is 0. The summed E-state index contributed by atoms with van der Waals surface area (Å²) in [6.45, 7) is 0. The van der Waals surface area contributed by atoms with Crippen molar-refractivity contribution in [2.75, 3.05) is 5.32 Å². The van der Waals surface area contributed by atoms with Gasteiger partial charge in [0.1, 0.15) is 0 Å². The molecular weight excluding hydrogens is 398 g/mol. The summed E-state index contributed by atoms with van der Waals surface area (Å²) in [5.41, 5.74) is 0.784. The zero-order valence-corrected chi connectivity index (χ0v) is 14.5. The Balaban J connectivity index is 2.38. The van der Waals surface area contributed by atoms with E-state index < -0.39 is 11.9 Å². The average Bonchev–Trinajstić information content (AvgIpc) is 2.54. The summed E-state index contributed by atoms with van der Waals surface area (Å²) >= 11 is 9.34. The van der Waals surface area contributed by atoms with Crippen LogP contribution in [-0.2, 0) is 9.59 Å². The number of carbonyl (C=O) groups is 3. The molecule has 0 aromatic heterocycles. The molecule has 0 aliphatic heterocycles. The van der Waals surface area contributed by atoms with E-state index in [2.05, 4.69) is 21.2 Å². The van der Waals surface area contributed by atoms with Crippen LogP contribution in [0.2, 0.25) is 5.02 Å². The Morgan fingerprint density at radius 2 is 1.75 bits per heavy atom. The van der Waals surface area contributed by atoms with E-state index in [9.17, 15) is 14.4 Å². The number of halogens is 2. The van der Waals surface area contributed by atoms with E-state index in [0.29, 0.717) is 21.1 Å². The highest BCUT2D eigenvalue weighted by Gasteiger charge is 2.17. The van der Waals surface area contributed by atoms with E-state index >= 15 is 0 Å². The minimum Gasteiger partial charge on any atom is -0.478 e. The molecule has 2 rings (SSSR count). The topological polar surface area (TPSA) is 83.5 Å². The zero-order chi connectivity index (χ0) is 17.7. The van der Waals surface area contributed by atoms with Crippen LogP contribution >= 0.6 is 27.5 Å². The second-order valence-electron chi connectivity index (χ2n) is 4.66. The van der Waals surface area contributed by atoms with Gasteiger partial charge in [-0.15, -0.1) is 0 Å². The van der Waals surface area contributed by atoms with Gasteiger partial charge in [0.2, 0.25) is 5.91 Å². The monoisotopic (exact) mass is 407 g/mol. The summed E-state index contributed by atoms with van der Waals surface area (Å²) in [5.74, 6) is -2.26. The second kappa shape index (κ2) is 7.90. The number of carboxylic acids is 1. The number of hydrogen-bond acceptors (Lipinski definition) is 3. The van der Waals surface area contributed by atoms with Crippen LogP contribution in [0.5, 0.6) is 0 Å². The zero-order valence-electron chi connectivity index (χ0n) is 12.1. The van der Waals surface area contributed by atoms with Gasteiger partial charge in [0, 0.05) is 27.8 Å². The molecular formula is C17H11BrClNO4. The lowest BCUT2D eigenvalue weighted by Gasteiger charge is -2.11. The summed E-state index contributed by atoms with van der Waals surface area (Å²) in [6.07, 6.45) is 1.58. The maximum Gasteiger partial charge on any atom is 0.328 e. The third-order valence-corrected chi connectivity index (χ3v) is 3.80. The molecule has 0 unspecified atom stereocenters. The molecule has 2 aromatic carbocycles. The Kier molecular flexibility index (Phi) is 5.89. The molecule has 0 aliphatic rings.